The first-order valence-electron chi connectivity index (χ1n) is 9.58. The summed E-state index contributed by atoms with van der Waals surface area (Å²) in [6.45, 7) is 4.02. The highest BCUT2D eigenvalue weighted by Gasteiger charge is 2.25. The first kappa shape index (κ1) is 19.6. The molecule has 7 nitrogen and oxygen atoms in total. The number of benzene rings is 1. The van der Waals surface area contributed by atoms with Crippen LogP contribution in [0.15, 0.2) is 24.3 Å². The SMILES string of the molecule is COc1ccc(C(=O)N2CCN(C(=O)CCOCC3CCCO3)CC2)cc1. The molecule has 7 heteroatoms. The number of nitrogens with zero attached hydrogens (tertiary/aromatic N) is 2. The molecule has 3 rings (SSSR count). The molecule has 0 spiro atoms. The number of ether oxygens (including phenoxy) is 3. The number of hydrogen-bond donors (Lipinski definition) is 0. The summed E-state index contributed by atoms with van der Waals surface area (Å²) in [6.07, 6.45) is 2.69. The Balaban J connectivity index is 1.37. The molecule has 2 aliphatic heterocycles. The predicted molar refractivity (Wildman–Crippen MR) is 99.9 cm³/mol. The van der Waals surface area contributed by atoms with Crippen LogP contribution in [0.2, 0.25) is 0 Å². The predicted octanol–water partition coefficient (Wildman–Crippen LogP) is 1.57. The average Bonchev–Trinajstić information content (AvgIpc) is 3.24. The molecule has 0 N–H and O–H groups in total. The third-order valence-corrected chi connectivity index (χ3v) is 5.04. The van der Waals surface area contributed by atoms with E-state index in [-0.39, 0.29) is 17.9 Å². The summed E-state index contributed by atoms with van der Waals surface area (Å²) >= 11 is 0. The van der Waals surface area contributed by atoms with Crippen LogP contribution < -0.4 is 4.74 Å². The molecule has 0 saturated carbocycles. The Labute approximate surface area is 160 Å². The fourth-order valence-corrected chi connectivity index (χ4v) is 3.38. The van der Waals surface area contributed by atoms with Gasteiger partial charge in [0.25, 0.3) is 5.91 Å². The summed E-state index contributed by atoms with van der Waals surface area (Å²) in [5, 5.41) is 0. The van der Waals surface area contributed by atoms with E-state index in [2.05, 4.69) is 0 Å². The summed E-state index contributed by atoms with van der Waals surface area (Å²) in [7, 11) is 1.60. The van der Waals surface area contributed by atoms with Crippen LogP contribution >= 0.6 is 0 Å². The van der Waals surface area contributed by atoms with E-state index in [0.717, 1.165) is 25.2 Å². The molecule has 1 aromatic carbocycles. The van der Waals surface area contributed by atoms with Crippen molar-refractivity contribution in [2.45, 2.75) is 25.4 Å². The second-order valence-electron chi connectivity index (χ2n) is 6.86. The van der Waals surface area contributed by atoms with Crippen molar-refractivity contribution in [1.82, 2.24) is 9.80 Å². The van der Waals surface area contributed by atoms with Gasteiger partial charge in [0.15, 0.2) is 0 Å². The Bertz CT molecular complexity index is 620. The van der Waals surface area contributed by atoms with Crippen LogP contribution in [0.3, 0.4) is 0 Å². The van der Waals surface area contributed by atoms with E-state index < -0.39 is 0 Å². The zero-order valence-corrected chi connectivity index (χ0v) is 15.9. The van der Waals surface area contributed by atoms with E-state index in [1.807, 2.05) is 4.90 Å². The Morgan fingerprint density at radius 1 is 1.11 bits per heavy atom. The fraction of sp³-hybridized carbons (Fsp3) is 0.600. The third-order valence-electron chi connectivity index (χ3n) is 5.04. The normalized spacial score (nSPS) is 20.0. The standard InChI is InChI=1S/C20H28N2O5/c1-25-17-6-4-16(5-7-17)20(24)22-11-9-21(10-12-22)19(23)8-14-26-15-18-3-2-13-27-18/h4-7,18H,2-3,8-15H2,1H3. The van der Waals surface area contributed by atoms with Crippen LogP contribution in [-0.4, -0.2) is 80.8 Å². The van der Waals surface area contributed by atoms with Gasteiger partial charge in [-0.05, 0) is 37.1 Å². The number of rotatable bonds is 7. The Morgan fingerprint density at radius 2 is 1.81 bits per heavy atom. The molecule has 2 saturated heterocycles. The summed E-state index contributed by atoms with van der Waals surface area (Å²) in [5.41, 5.74) is 0.637. The molecule has 148 valence electrons. The van der Waals surface area contributed by atoms with Crippen LogP contribution in [0.4, 0.5) is 0 Å². The van der Waals surface area contributed by atoms with Crippen LogP contribution in [0.25, 0.3) is 0 Å². The van der Waals surface area contributed by atoms with E-state index in [9.17, 15) is 9.59 Å². The number of hydrogen-bond acceptors (Lipinski definition) is 5. The molecule has 1 aromatic rings. The van der Waals surface area contributed by atoms with E-state index in [4.69, 9.17) is 14.2 Å². The maximum Gasteiger partial charge on any atom is 0.253 e. The van der Waals surface area contributed by atoms with Crippen molar-refractivity contribution in [3.63, 3.8) is 0 Å². The van der Waals surface area contributed by atoms with Gasteiger partial charge in [-0.1, -0.05) is 0 Å². The van der Waals surface area contributed by atoms with Crippen molar-refractivity contribution in [2.75, 3.05) is 53.1 Å². The Hall–Kier alpha value is -2.12. The Kier molecular flexibility index (Phi) is 7.06. The minimum atomic E-state index is -0.00958. The van der Waals surface area contributed by atoms with Gasteiger partial charge in [-0.2, -0.15) is 0 Å². The molecule has 0 aromatic heterocycles. The van der Waals surface area contributed by atoms with Gasteiger partial charge in [-0.15, -0.1) is 0 Å². The zero-order chi connectivity index (χ0) is 19.1. The van der Waals surface area contributed by atoms with Crippen LogP contribution in [0.5, 0.6) is 5.75 Å². The molecule has 1 unspecified atom stereocenters. The van der Waals surface area contributed by atoms with Crippen LogP contribution in [-0.2, 0) is 14.3 Å². The molecule has 1 atom stereocenters. The average molecular weight is 376 g/mol. The zero-order valence-electron chi connectivity index (χ0n) is 15.9. The van der Waals surface area contributed by atoms with E-state index in [0.29, 0.717) is 51.4 Å². The molecule has 2 aliphatic rings. The van der Waals surface area contributed by atoms with Gasteiger partial charge in [0, 0.05) is 38.3 Å². The van der Waals surface area contributed by atoms with Gasteiger partial charge < -0.3 is 24.0 Å². The van der Waals surface area contributed by atoms with Crippen molar-refractivity contribution in [1.29, 1.82) is 0 Å². The third kappa shape index (κ3) is 5.43. The lowest BCUT2D eigenvalue weighted by Crippen LogP contribution is -2.50. The number of piperazine rings is 1. The van der Waals surface area contributed by atoms with Gasteiger partial charge in [0.2, 0.25) is 5.91 Å². The van der Waals surface area contributed by atoms with Gasteiger partial charge in [-0.25, -0.2) is 0 Å². The maximum atomic E-state index is 12.6. The highest BCUT2D eigenvalue weighted by molar-refractivity contribution is 5.94. The van der Waals surface area contributed by atoms with E-state index >= 15 is 0 Å². The van der Waals surface area contributed by atoms with Gasteiger partial charge in [0.05, 0.1) is 32.8 Å². The largest absolute Gasteiger partial charge is 0.497 e. The monoisotopic (exact) mass is 376 g/mol. The first-order chi connectivity index (χ1) is 13.2. The second-order valence-corrected chi connectivity index (χ2v) is 6.86. The fourth-order valence-electron chi connectivity index (χ4n) is 3.38. The molecule has 2 fully saturated rings. The van der Waals surface area contributed by atoms with Crippen molar-refractivity contribution < 1.29 is 23.8 Å². The van der Waals surface area contributed by atoms with E-state index in [1.165, 1.54) is 0 Å². The highest BCUT2D eigenvalue weighted by atomic mass is 16.5. The lowest BCUT2D eigenvalue weighted by atomic mass is 10.1. The minimum absolute atomic E-state index is 0.00958. The molecule has 0 aliphatic carbocycles. The molecular weight excluding hydrogens is 348 g/mol. The summed E-state index contributed by atoms with van der Waals surface area (Å²) in [5.74, 6) is 0.798. The van der Waals surface area contributed by atoms with Crippen LogP contribution in [0, 0.1) is 0 Å². The maximum absolute atomic E-state index is 12.6. The van der Waals surface area contributed by atoms with Crippen LogP contribution in [0.1, 0.15) is 29.6 Å². The minimum Gasteiger partial charge on any atom is -0.497 e. The summed E-state index contributed by atoms with van der Waals surface area (Å²) < 4.78 is 16.2. The molecule has 0 radical (unpaired) electrons. The quantitative estimate of drug-likeness (QED) is 0.676. The smallest absolute Gasteiger partial charge is 0.253 e. The lowest BCUT2D eigenvalue weighted by molar-refractivity contribution is -0.134. The molecular formula is C20H28N2O5. The molecule has 27 heavy (non-hydrogen) atoms. The number of carbonyl (C=O) groups excluding carboxylic acids is 2. The van der Waals surface area contributed by atoms with Gasteiger partial charge in [0.1, 0.15) is 5.75 Å². The number of amides is 2. The first-order valence-corrected chi connectivity index (χ1v) is 9.58. The molecule has 2 heterocycles. The van der Waals surface area contributed by atoms with E-state index in [1.54, 1.807) is 36.3 Å². The second kappa shape index (κ2) is 9.71. The highest BCUT2D eigenvalue weighted by Crippen LogP contribution is 2.15. The van der Waals surface area contributed by atoms with Crippen molar-refractivity contribution in [3.05, 3.63) is 29.8 Å². The molecule has 2 amide bonds. The number of carbonyl (C=O) groups is 2. The summed E-state index contributed by atoms with van der Waals surface area (Å²) in [4.78, 5) is 28.5. The topological polar surface area (TPSA) is 68.3 Å². The van der Waals surface area contributed by atoms with Gasteiger partial charge >= 0.3 is 0 Å². The van der Waals surface area contributed by atoms with Crippen molar-refractivity contribution >= 4 is 11.8 Å². The van der Waals surface area contributed by atoms with Crippen molar-refractivity contribution in [2.24, 2.45) is 0 Å². The van der Waals surface area contributed by atoms with Crippen molar-refractivity contribution in [3.8, 4) is 5.75 Å². The summed E-state index contributed by atoms with van der Waals surface area (Å²) in [6, 6.07) is 7.10. The Morgan fingerprint density at radius 3 is 2.44 bits per heavy atom. The van der Waals surface area contributed by atoms with Gasteiger partial charge in [-0.3, -0.25) is 9.59 Å². The molecule has 0 bridgehead atoms. The number of methoxy groups -OCH3 is 1. The lowest BCUT2D eigenvalue weighted by Gasteiger charge is -2.35.